The maximum Gasteiger partial charge on any atom is 2.00 e. The van der Waals surface area contributed by atoms with Gasteiger partial charge in [0.2, 0.25) is 0 Å². The number of rotatable bonds is 2. The summed E-state index contributed by atoms with van der Waals surface area (Å²) in [5, 5.41) is 0.548. The molecule has 0 N–H and O–H groups in total. The van der Waals surface area contributed by atoms with E-state index in [1.54, 1.807) is 0 Å². The Bertz CT molecular complexity index is 187. The van der Waals surface area contributed by atoms with Gasteiger partial charge in [-0.1, -0.05) is 0 Å². The van der Waals surface area contributed by atoms with Crippen LogP contribution in [0.3, 0.4) is 0 Å². The zero-order valence-corrected chi connectivity index (χ0v) is 14.7. The van der Waals surface area contributed by atoms with Crippen LogP contribution in [0, 0.1) is 13.3 Å². The molecule has 0 aliphatic carbocycles. The van der Waals surface area contributed by atoms with Gasteiger partial charge in [-0.25, -0.2) is 0 Å². The van der Waals surface area contributed by atoms with Crippen molar-refractivity contribution in [3.8, 4) is 0 Å². The molecule has 0 fully saturated rings. The van der Waals surface area contributed by atoms with Crippen molar-refractivity contribution < 1.29 is 21.3 Å². The number of ketones is 1. The molecule has 1 nitrogen and oxygen atoms in total. The summed E-state index contributed by atoms with van der Waals surface area (Å²) in [4.78, 5) is 11.1. The third-order valence-electron chi connectivity index (χ3n) is 2.18. The summed E-state index contributed by atoms with van der Waals surface area (Å²) in [6.07, 6.45) is 2.69. The van der Waals surface area contributed by atoms with Crippen molar-refractivity contribution in [1.29, 1.82) is 0 Å². The van der Waals surface area contributed by atoms with Gasteiger partial charge in [0.25, 0.3) is 0 Å². The fourth-order valence-electron chi connectivity index (χ4n) is 1.85. The largest absolute Gasteiger partial charge is 2.00 e. The van der Waals surface area contributed by atoms with Gasteiger partial charge in [0.05, 0.1) is 16.5 Å². The molecular formula is C14H30NiOP+. The van der Waals surface area contributed by atoms with E-state index in [1.807, 2.05) is 20.3 Å². The van der Waals surface area contributed by atoms with E-state index >= 15 is 0 Å². The first-order valence-corrected chi connectivity index (χ1v) is 7.63. The Morgan fingerprint density at radius 1 is 1.06 bits per heavy atom. The van der Waals surface area contributed by atoms with Gasteiger partial charge in [-0.15, -0.1) is 0 Å². The van der Waals surface area contributed by atoms with E-state index in [0.717, 1.165) is 0 Å². The minimum absolute atomic E-state index is 0. The van der Waals surface area contributed by atoms with E-state index in [4.69, 9.17) is 0 Å². The molecular weight excluding hydrogens is 274 g/mol. The van der Waals surface area contributed by atoms with Crippen molar-refractivity contribution in [2.45, 2.75) is 65.7 Å². The van der Waals surface area contributed by atoms with Crippen LogP contribution in [0.15, 0.2) is 0 Å². The summed E-state index contributed by atoms with van der Waals surface area (Å²) in [5.74, 6) is 0.0961. The molecule has 0 unspecified atom stereocenters. The zero-order chi connectivity index (χ0) is 13.6. The maximum atomic E-state index is 11.1. The second-order valence-corrected chi connectivity index (χ2v) is 10.6. The Balaban J connectivity index is -0.000000440. The van der Waals surface area contributed by atoms with E-state index in [2.05, 4.69) is 48.5 Å². The van der Waals surface area contributed by atoms with Crippen LogP contribution in [-0.4, -0.2) is 22.3 Å². The average Bonchev–Trinajstić information content (AvgIpc) is 1.97. The molecule has 0 atom stereocenters. The van der Waals surface area contributed by atoms with Crippen molar-refractivity contribution in [3.63, 3.8) is 0 Å². The molecule has 0 bridgehead atoms. The predicted octanol–water partition coefficient (Wildman–Crippen LogP) is 4.43. The second kappa shape index (κ2) is 9.40. The van der Waals surface area contributed by atoms with Crippen LogP contribution >= 0.6 is 7.92 Å². The van der Waals surface area contributed by atoms with Crippen molar-refractivity contribution in [2.75, 3.05) is 6.16 Å². The maximum absolute atomic E-state index is 11.1. The van der Waals surface area contributed by atoms with E-state index in [9.17, 15) is 4.79 Å². The van der Waals surface area contributed by atoms with E-state index in [0.29, 0.717) is 6.16 Å². The Kier molecular flexibility index (Phi) is 12.5. The molecule has 17 heavy (non-hydrogen) atoms. The molecule has 0 aromatic rings. The molecule has 0 spiro atoms. The molecule has 106 valence electrons. The minimum Gasteiger partial charge on any atom is -0.336 e. The summed E-state index contributed by atoms with van der Waals surface area (Å²) in [6.45, 7) is 20.9. The van der Waals surface area contributed by atoms with Gasteiger partial charge >= 0.3 is 16.5 Å². The fourth-order valence-corrected chi connectivity index (χ4v) is 5.56. The molecule has 0 saturated carbocycles. The summed E-state index contributed by atoms with van der Waals surface area (Å²) < 4.78 is 0. The Morgan fingerprint density at radius 2 is 1.29 bits per heavy atom. The average molecular weight is 304 g/mol. The smallest absolute Gasteiger partial charge is 0.336 e. The summed E-state index contributed by atoms with van der Waals surface area (Å²) in [7, 11) is -0.687. The van der Waals surface area contributed by atoms with E-state index in [-0.39, 0.29) is 32.6 Å². The monoisotopic (exact) mass is 303 g/mol. The molecule has 0 amide bonds. The van der Waals surface area contributed by atoms with Gasteiger partial charge in [0.1, 0.15) is 0 Å². The fraction of sp³-hybridized carbons (Fsp3) is 0.786. The zero-order valence-electron chi connectivity index (χ0n) is 12.7. The van der Waals surface area contributed by atoms with Gasteiger partial charge in [-0.2, -0.15) is 13.8 Å². The van der Waals surface area contributed by atoms with Crippen LogP contribution in [-0.2, 0) is 21.3 Å². The standard InChI is InChI=1S/C11H22OP.C3H7.Ni/c1-9(12)8-13(10(2,3)4)11(5,6)7;1-3-2;/h1,8H2,2-7H3;3H,1-2H3;/q2*-1;+2/p+1. The molecule has 0 heterocycles. The molecule has 0 aliphatic rings. The molecule has 0 aromatic carbocycles. The molecule has 0 saturated heterocycles. The summed E-state index contributed by atoms with van der Waals surface area (Å²) in [6, 6.07) is 0. The molecule has 3 heteroatoms. The number of carbonyl (C=O) groups is 1. The van der Waals surface area contributed by atoms with Gasteiger partial charge in [0, 0.05) is 13.7 Å². The Hall–Kier alpha value is 0.464. The third-order valence-corrected chi connectivity index (χ3v) is 6.55. The quantitative estimate of drug-likeness (QED) is 0.419. The number of carbonyl (C=O) groups excluding carboxylic acids is 1. The van der Waals surface area contributed by atoms with Crippen molar-refractivity contribution in [3.05, 3.63) is 13.3 Å². The van der Waals surface area contributed by atoms with E-state index in [1.165, 1.54) is 0 Å². The van der Waals surface area contributed by atoms with Crippen molar-refractivity contribution in [1.82, 2.24) is 0 Å². The number of hydrogen-bond acceptors (Lipinski definition) is 1. The van der Waals surface area contributed by atoms with Gasteiger partial charge < -0.3 is 18.1 Å². The number of Topliss-reactive ketones (excluding diaryl/α,β-unsaturated/α-hetero) is 1. The van der Waals surface area contributed by atoms with Crippen molar-refractivity contribution in [2.24, 2.45) is 0 Å². The van der Waals surface area contributed by atoms with Gasteiger partial charge in [0.15, 0.2) is 0 Å². The van der Waals surface area contributed by atoms with Crippen LogP contribution in [0.5, 0.6) is 0 Å². The SMILES string of the molecule is C[CH-]C.[CH2-]C(=O)C[PH+](C(C)(C)C)C(C)(C)C.[Ni+2]. The first-order chi connectivity index (χ1) is 6.96. The van der Waals surface area contributed by atoms with Crippen LogP contribution in [0.25, 0.3) is 0 Å². The first-order valence-electron chi connectivity index (χ1n) is 5.92. The summed E-state index contributed by atoms with van der Waals surface area (Å²) >= 11 is 0. The Morgan fingerprint density at radius 3 is 1.35 bits per heavy atom. The number of hydrogen-bond donors (Lipinski definition) is 0. The second-order valence-electron chi connectivity index (χ2n) is 6.27. The normalized spacial score (nSPS) is 11.4. The van der Waals surface area contributed by atoms with Gasteiger partial charge in [-0.3, -0.25) is 0 Å². The van der Waals surface area contributed by atoms with E-state index < -0.39 is 7.92 Å². The topological polar surface area (TPSA) is 17.1 Å². The van der Waals surface area contributed by atoms with Crippen LogP contribution < -0.4 is 0 Å². The molecule has 0 radical (unpaired) electrons. The Labute approximate surface area is 120 Å². The predicted molar refractivity (Wildman–Crippen MR) is 78.7 cm³/mol. The summed E-state index contributed by atoms with van der Waals surface area (Å²) in [5.41, 5.74) is 0. The van der Waals surface area contributed by atoms with Crippen molar-refractivity contribution >= 4 is 13.7 Å². The van der Waals surface area contributed by atoms with Crippen LogP contribution in [0.4, 0.5) is 0 Å². The molecule has 0 aromatic heterocycles. The first kappa shape index (κ1) is 22.6. The van der Waals surface area contributed by atoms with Gasteiger partial charge in [-0.05, 0) is 41.5 Å². The molecule has 0 rings (SSSR count). The van der Waals surface area contributed by atoms with Crippen LogP contribution in [0.2, 0.25) is 0 Å². The minimum atomic E-state index is -0.687. The molecule has 0 aliphatic heterocycles. The third kappa shape index (κ3) is 12.7. The van der Waals surface area contributed by atoms with Crippen LogP contribution in [0.1, 0.15) is 55.4 Å².